The lowest BCUT2D eigenvalue weighted by Gasteiger charge is -2.27. The number of para-hydroxylation sites is 4. The first kappa shape index (κ1) is 14.2. The molecule has 2 atom stereocenters. The normalized spacial score (nSPS) is 21.7. The molecule has 5 heteroatoms. The summed E-state index contributed by atoms with van der Waals surface area (Å²) in [5, 5.41) is 2.20. The van der Waals surface area contributed by atoms with Gasteiger partial charge >= 0.3 is 0 Å². The zero-order chi connectivity index (χ0) is 15.5. The summed E-state index contributed by atoms with van der Waals surface area (Å²) in [5.41, 5.74) is 0. The van der Waals surface area contributed by atoms with Crippen molar-refractivity contribution in [1.82, 2.24) is 0 Å². The minimum atomic E-state index is 0.0571. The Labute approximate surface area is 135 Å². The SMILES string of the molecule is c1ccc2c(c1)OC[C@H](C[NH2+]C[C@H]1COc3ccccc3O1)O2. The molecule has 0 aromatic heterocycles. The molecule has 120 valence electrons. The Bertz CT molecular complexity index is 618. The second kappa shape index (κ2) is 6.38. The van der Waals surface area contributed by atoms with Crippen LogP contribution in [-0.4, -0.2) is 38.5 Å². The minimum absolute atomic E-state index is 0.0571. The molecule has 2 aromatic rings. The standard InChI is InChI=1S/C18H19NO4/c1-3-7-17-15(5-1)20-11-13(22-17)9-19-10-14-12-21-16-6-2-4-8-18(16)23-14/h1-8,13-14,19H,9-12H2/p+1/t13-,14-/m0/s1. The summed E-state index contributed by atoms with van der Waals surface area (Å²) >= 11 is 0. The van der Waals surface area contributed by atoms with E-state index in [1.165, 1.54) is 0 Å². The molecule has 2 aliphatic rings. The van der Waals surface area contributed by atoms with Crippen LogP contribution in [0.15, 0.2) is 48.5 Å². The predicted octanol–water partition coefficient (Wildman–Crippen LogP) is 1.23. The molecule has 0 amide bonds. The number of rotatable bonds is 4. The first-order chi connectivity index (χ1) is 11.4. The van der Waals surface area contributed by atoms with Crippen molar-refractivity contribution < 1.29 is 24.3 Å². The predicted molar refractivity (Wildman–Crippen MR) is 84.4 cm³/mol. The van der Waals surface area contributed by atoms with Gasteiger partial charge in [0.2, 0.25) is 0 Å². The van der Waals surface area contributed by atoms with Gasteiger partial charge in [-0.2, -0.15) is 0 Å². The van der Waals surface area contributed by atoms with Crippen LogP contribution in [0.3, 0.4) is 0 Å². The van der Waals surface area contributed by atoms with Crippen LogP contribution in [0.25, 0.3) is 0 Å². The highest BCUT2D eigenvalue weighted by Crippen LogP contribution is 2.31. The molecule has 0 saturated carbocycles. The molecule has 5 nitrogen and oxygen atoms in total. The van der Waals surface area contributed by atoms with Gasteiger partial charge in [0.25, 0.3) is 0 Å². The van der Waals surface area contributed by atoms with E-state index in [9.17, 15) is 0 Å². The van der Waals surface area contributed by atoms with Crippen molar-refractivity contribution in [3.63, 3.8) is 0 Å². The van der Waals surface area contributed by atoms with Gasteiger partial charge in [-0.1, -0.05) is 24.3 Å². The van der Waals surface area contributed by atoms with Crippen LogP contribution in [0.4, 0.5) is 0 Å². The van der Waals surface area contributed by atoms with Crippen LogP contribution in [0.1, 0.15) is 0 Å². The zero-order valence-corrected chi connectivity index (χ0v) is 12.8. The van der Waals surface area contributed by atoms with Gasteiger partial charge in [-0.25, -0.2) is 0 Å². The molecular formula is C18H20NO4+. The van der Waals surface area contributed by atoms with Gasteiger partial charge in [0.05, 0.1) is 0 Å². The number of fused-ring (bicyclic) bond motifs is 2. The average Bonchev–Trinajstić information content (AvgIpc) is 2.61. The molecule has 0 fully saturated rings. The summed E-state index contributed by atoms with van der Waals surface area (Å²) < 4.78 is 23.3. The summed E-state index contributed by atoms with van der Waals surface area (Å²) in [6.07, 6.45) is 0.114. The fourth-order valence-electron chi connectivity index (χ4n) is 2.83. The van der Waals surface area contributed by atoms with E-state index < -0.39 is 0 Å². The van der Waals surface area contributed by atoms with Gasteiger partial charge in [-0.15, -0.1) is 0 Å². The Morgan fingerprint density at radius 3 is 1.61 bits per heavy atom. The molecular weight excluding hydrogens is 294 g/mol. The summed E-state index contributed by atoms with van der Waals surface area (Å²) in [4.78, 5) is 0. The number of benzene rings is 2. The molecule has 4 rings (SSSR count). The maximum atomic E-state index is 5.95. The molecule has 0 saturated heterocycles. The van der Waals surface area contributed by atoms with E-state index in [4.69, 9.17) is 18.9 Å². The van der Waals surface area contributed by atoms with Crippen molar-refractivity contribution in [1.29, 1.82) is 0 Å². The molecule has 2 heterocycles. The van der Waals surface area contributed by atoms with Crippen molar-refractivity contribution in [2.45, 2.75) is 12.2 Å². The quantitative estimate of drug-likeness (QED) is 0.922. The fraction of sp³-hybridized carbons (Fsp3) is 0.333. The van der Waals surface area contributed by atoms with Gasteiger partial charge in [0, 0.05) is 0 Å². The van der Waals surface area contributed by atoms with Crippen molar-refractivity contribution in [2.75, 3.05) is 26.3 Å². The number of ether oxygens (including phenoxy) is 4. The van der Waals surface area contributed by atoms with E-state index in [0.717, 1.165) is 36.1 Å². The molecule has 2 aliphatic heterocycles. The second-order valence-corrected chi connectivity index (χ2v) is 5.76. The lowest BCUT2D eigenvalue weighted by atomic mass is 10.2. The molecule has 2 N–H and O–H groups in total. The highest BCUT2D eigenvalue weighted by atomic mass is 16.6. The van der Waals surface area contributed by atoms with Crippen LogP contribution in [0.2, 0.25) is 0 Å². The molecule has 23 heavy (non-hydrogen) atoms. The largest absolute Gasteiger partial charge is 0.486 e. The molecule has 2 aromatic carbocycles. The Hall–Kier alpha value is -2.40. The van der Waals surface area contributed by atoms with E-state index >= 15 is 0 Å². The Balaban J connectivity index is 1.26. The van der Waals surface area contributed by atoms with Crippen LogP contribution >= 0.6 is 0 Å². The van der Waals surface area contributed by atoms with Gasteiger partial charge in [0.1, 0.15) is 26.3 Å². The Kier molecular flexibility index (Phi) is 3.94. The molecule has 0 unspecified atom stereocenters. The fourth-order valence-corrected chi connectivity index (χ4v) is 2.83. The number of hydrogen-bond donors (Lipinski definition) is 1. The van der Waals surface area contributed by atoms with E-state index in [1.54, 1.807) is 0 Å². The van der Waals surface area contributed by atoms with Gasteiger partial charge in [0.15, 0.2) is 35.2 Å². The lowest BCUT2D eigenvalue weighted by Crippen LogP contribution is -2.89. The zero-order valence-electron chi connectivity index (χ0n) is 12.8. The van der Waals surface area contributed by atoms with E-state index in [-0.39, 0.29) is 12.2 Å². The third kappa shape index (κ3) is 3.19. The second-order valence-electron chi connectivity index (χ2n) is 5.76. The van der Waals surface area contributed by atoms with Crippen molar-refractivity contribution in [2.24, 2.45) is 0 Å². The summed E-state index contributed by atoms with van der Waals surface area (Å²) in [7, 11) is 0. The monoisotopic (exact) mass is 314 g/mol. The maximum absolute atomic E-state index is 5.95. The maximum Gasteiger partial charge on any atom is 0.181 e. The average molecular weight is 314 g/mol. The number of hydrogen-bond acceptors (Lipinski definition) is 4. The number of quaternary nitrogens is 1. The smallest absolute Gasteiger partial charge is 0.181 e. The van der Waals surface area contributed by atoms with Crippen LogP contribution in [0, 0.1) is 0 Å². The molecule has 0 aliphatic carbocycles. The van der Waals surface area contributed by atoms with Crippen molar-refractivity contribution in [3.8, 4) is 23.0 Å². The Morgan fingerprint density at radius 1 is 0.696 bits per heavy atom. The molecule has 0 bridgehead atoms. The van der Waals surface area contributed by atoms with E-state index in [0.29, 0.717) is 13.2 Å². The van der Waals surface area contributed by atoms with E-state index in [1.807, 2.05) is 48.5 Å². The minimum Gasteiger partial charge on any atom is -0.486 e. The summed E-state index contributed by atoms with van der Waals surface area (Å²) in [6, 6.07) is 15.6. The summed E-state index contributed by atoms with van der Waals surface area (Å²) in [5.74, 6) is 3.29. The van der Waals surface area contributed by atoms with Crippen LogP contribution < -0.4 is 24.3 Å². The third-order valence-electron chi connectivity index (χ3n) is 3.99. The van der Waals surface area contributed by atoms with Gasteiger partial charge < -0.3 is 24.3 Å². The van der Waals surface area contributed by atoms with Gasteiger partial charge in [-0.05, 0) is 24.3 Å². The molecule has 0 radical (unpaired) electrons. The third-order valence-corrected chi connectivity index (χ3v) is 3.99. The summed E-state index contributed by atoms with van der Waals surface area (Å²) in [6.45, 7) is 2.82. The Morgan fingerprint density at radius 2 is 1.13 bits per heavy atom. The van der Waals surface area contributed by atoms with Crippen molar-refractivity contribution >= 4 is 0 Å². The van der Waals surface area contributed by atoms with Crippen LogP contribution in [0.5, 0.6) is 23.0 Å². The highest BCUT2D eigenvalue weighted by molar-refractivity contribution is 5.41. The highest BCUT2D eigenvalue weighted by Gasteiger charge is 2.25. The topological polar surface area (TPSA) is 53.5 Å². The first-order valence-corrected chi connectivity index (χ1v) is 7.97. The van der Waals surface area contributed by atoms with E-state index in [2.05, 4.69) is 5.32 Å². The molecule has 0 spiro atoms. The van der Waals surface area contributed by atoms with Crippen LogP contribution in [-0.2, 0) is 0 Å². The van der Waals surface area contributed by atoms with Gasteiger partial charge in [-0.3, -0.25) is 0 Å². The first-order valence-electron chi connectivity index (χ1n) is 7.97. The number of nitrogens with two attached hydrogens (primary N) is 1. The van der Waals surface area contributed by atoms with Crippen molar-refractivity contribution in [3.05, 3.63) is 48.5 Å². The lowest BCUT2D eigenvalue weighted by molar-refractivity contribution is -0.666.